The van der Waals surface area contributed by atoms with Crippen LogP contribution in [0.25, 0.3) is 0 Å². The SMILES string of the molecule is Cc1cn(C(C)OC(CCO)OC(P)OP(O)O)c(=O)nc1N. The van der Waals surface area contributed by atoms with Crippen molar-refractivity contribution in [2.24, 2.45) is 0 Å². The Bertz CT molecular complexity index is 557. The minimum Gasteiger partial charge on any atom is -0.396 e. The lowest BCUT2D eigenvalue weighted by Gasteiger charge is -2.26. The van der Waals surface area contributed by atoms with Gasteiger partial charge >= 0.3 is 14.3 Å². The lowest BCUT2D eigenvalue weighted by Crippen LogP contribution is -2.32. The van der Waals surface area contributed by atoms with Crippen LogP contribution in [-0.4, -0.2) is 43.4 Å². The maximum absolute atomic E-state index is 11.9. The third-order valence-corrected chi connectivity index (χ3v) is 3.68. The van der Waals surface area contributed by atoms with Crippen molar-refractivity contribution < 1.29 is 28.9 Å². The van der Waals surface area contributed by atoms with E-state index in [1.54, 1.807) is 13.8 Å². The third-order valence-electron chi connectivity index (χ3n) is 2.76. The van der Waals surface area contributed by atoms with E-state index in [1.807, 2.05) is 0 Å². The van der Waals surface area contributed by atoms with Gasteiger partial charge in [0.1, 0.15) is 12.0 Å². The Morgan fingerprint density at radius 2 is 2.13 bits per heavy atom. The fourth-order valence-corrected chi connectivity index (χ4v) is 2.40. The molecule has 1 heterocycles. The van der Waals surface area contributed by atoms with Crippen molar-refractivity contribution in [3.05, 3.63) is 22.2 Å². The number of nitrogen functional groups attached to an aromatic ring is 1. The van der Waals surface area contributed by atoms with Crippen molar-refractivity contribution >= 4 is 23.7 Å². The highest BCUT2D eigenvalue weighted by Crippen LogP contribution is 2.30. The van der Waals surface area contributed by atoms with E-state index in [-0.39, 0.29) is 18.8 Å². The first kappa shape index (κ1) is 20.3. The van der Waals surface area contributed by atoms with Gasteiger partial charge < -0.3 is 30.1 Å². The molecule has 1 rings (SSSR count). The standard InChI is InChI=1S/C11H21N3O7P2/c1-6-5-14(10(16)13-9(6)12)7(2)19-8(3-4-15)20-11(22)21-23(17)18/h5,7-8,11,15,17-18H,3-4,22H2,1-2H3,(H2,12,13,16). The van der Waals surface area contributed by atoms with Gasteiger partial charge in [-0.1, -0.05) is 9.24 Å². The normalized spacial score (nSPS) is 15.6. The van der Waals surface area contributed by atoms with Crippen molar-refractivity contribution in [2.75, 3.05) is 12.3 Å². The minimum atomic E-state index is -2.60. The van der Waals surface area contributed by atoms with Crippen molar-refractivity contribution in [2.45, 2.75) is 38.8 Å². The number of hydrogen-bond donors (Lipinski definition) is 4. The summed E-state index contributed by atoms with van der Waals surface area (Å²) in [6.45, 7) is 3.05. The van der Waals surface area contributed by atoms with Crippen LogP contribution in [0.5, 0.6) is 0 Å². The van der Waals surface area contributed by atoms with Crippen LogP contribution in [0.2, 0.25) is 0 Å². The summed E-state index contributed by atoms with van der Waals surface area (Å²) in [4.78, 5) is 33.1. The maximum Gasteiger partial charge on any atom is 0.351 e. The van der Waals surface area contributed by atoms with Gasteiger partial charge in [0, 0.05) is 24.8 Å². The number of nitrogens with zero attached hydrogens (tertiary/aromatic N) is 2. The van der Waals surface area contributed by atoms with Gasteiger partial charge in [-0.3, -0.25) is 9.09 Å². The molecule has 0 saturated carbocycles. The number of rotatable bonds is 9. The van der Waals surface area contributed by atoms with Crippen LogP contribution in [0.4, 0.5) is 5.82 Å². The van der Waals surface area contributed by atoms with E-state index in [0.29, 0.717) is 5.56 Å². The van der Waals surface area contributed by atoms with Crippen LogP contribution in [0.3, 0.4) is 0 Å². The van der Waals surface area contributed by atoms with Crippen LogP contribution in [0, 0.1) is 6.92 Å². The van der Waals surface area contributed by atoms with E-state index < -0.39 is 32.8 Å². The van der Waals surface area contributed by atoms with Gasteiger partial charge in [0.2, 0.25) is 0 Å². The number of anilines is 1. The molecule has 4 atom stereocenters. The molecule has 10 nitrogen and oxygen atoms in total. The monoisotopic (exact) mass is 369 g/mol. The molecule has 0 aliphatic carbocycles. The second kappa shape index (κ2) is 9.56. The largest absolute Gasteiger partial charge is 0.396 e. The number of aryl methyl sites for hydroxylation is 1. The number of hydrogen-bond acceptors (Lipinski definition) is 9. The van der Waals surface area contributed by atoms with E-state index in [9.17, 15) is 4.79 Å². The van der Waals surface area contributed by atoms with Gasteiger partial charge in [0.25, 0.3) is 0 Å². The molecular weight excluding hydrogens is 348 g/mol. The van der Waals surface area contributed by atoms with E-state index in [4.69, 9.17) is 30.1 Å². The molecule has 0 amide bonds. The van der Waals surface area contributed by atoms with Gasteiger partial charge in [-0.15, -0.1) is 0 Å². The van der Waals surface area contributed by atoms with Crippen molar-refractivity contribution in [1.82, 2.24) is 9.55 Å². The summed E-state index contributed by atoms with van der Waals surface area (Å²) in [6, 6.07) is -1.05. The molecule has 5 N–H and O–H groups in total. The van der Waals surface area contributed by atoms with E-state index in [0.717, 1.165) is 0 Å². The third kappa shape index (κ3) is 6.74. The predicted octanol–water partition coefficient (Wildman–Crippen LogP) is -0.219. The number of aromatic nitrogens is 2. The Kier molecular flexibility index (Phi) is 8.46. The summed E-state index contributed by atoms with van der Waals surface area (Å²) in [7, 11) is -0.497. The second-order valence-corrected chi connectivity index (χ2v) is 5.80. The summed E-state index contributed by atoms with van der Waals surface area (Å²) in [5.74, 6) is 0.138. The number of aliphatic hydroxyl groups excluding tert-OH is 1. The summed E-state index contributed by atoms with van der Waals surface area (Å²) in [6.07, 6.45) is -0.116. The molecule has 0 spiro atoms. The second-order valence-electron chi connectivity index (χ2n) is 4.54. The van der Waals surface area contributed by atoms with Gasteiger partial charge in [0.05, 0.1) is 0 Å². The zero-order valence-corrected chi connectivity index (χ0v) is 14.7. The summed E-state index contributed by atoms with van der Waals surface area (Å²) in [5, 5.41) is 9.05. The molecule has 1 aromatic rings. The Morgan fingerprint density at radius 1 is 1.48 bits per heavy atom. The molecule has 0 fully saturated rings. The topological polar surface area (TPSA) is 149 Å². The molecule has 1 aromatic heterocycles. The predicted molar refractivity (Wildman–Crippen MR) is 86.0 cm³/mol. The van der Waals surface area contributed by atoms with E-state index in [1.165, 1.54) is 10.8 Å². The zero-order chi connectivity index (χ0) is 17.6. The summed E-state index contributed by atoms with van der Waals surface area (Å²) in [5.41, 5.74) is 5.59. The first-order valence-corrected chi connectivity index (χ1v) is 8.45. The number of aliphatic hydroxyl groups is 1. The Morgan fingerprint density at radius 3 is 2.70 bits per heavy atom. The minimum absolute atomic E-state index is 0.0868. The smallest absolute Gasteiger partial charge is 0.351 e. The van der Waals surface area contributed by atoms with E-state index in [2.05, 4.69) is 18.7 Å². The van der Waals surface area contributed by atoms with E-state index >= 15 is 0 Å². The molecule has 0 bridgehead atoms. The molecule has 0 aliphatic heterocycles. The quantitative estimate of drug-likeness (QED) is 0.342. The lowest BCUT2D eigenvalue weighted by molar-refractivity contribution is -0.226. The number of ether oxygens (including phenoxy) is 2. The Balaban J connectivity index is 2.79. The summed E-state index contributed by atoms with van der Waals surface area (Å²) < 4.78 is 16.7. The average molecular weight is 369 g/mol. The zero-order valence-electron chi connectivity index (χ0n) is 12.7. The highest BCUT2D eigenvalue weighted by atomic mass is 31.2. The van der Waals surface area contributed by atoms with Gasteiger partial charge in [-0.25, -0.2) is 4.79 Å². The van der Waals surface area contributed by atoms with Gasteiger partial charge in [-0.2, -0.15) is 4.98 Å². The van der Waals surface area contributed by atoms with Crippen LogP contribution < -0.4 is 11.4 Å². The Labute approximate surface area is 136 Å². The fourth-order valence-electron chi connectivity index (χ4n) is 1.67. The maximum atomic E-state index is 11.9. The first-order chi connectivity index (χ1) is 10.7. The summed E-state index contributed by atoms with van der Waals surface area (Å²) >= 11 is 0. The highest BCUT2D eigenvalue weighted by Gasteiger charge is 2.21. The fraction of sp³-hybridized carbons (Fsp3) is 0.636. The molecule has 12 heteroatoms. The molecule has 4 unspecified atom stereocenters. The average Bonchev–Trinajstić information content (AvgIpc) is 2.41. The lowest BCUT2D eigenvalue weighted by atomic mass is 10.3. The van der Waals surface area contributed by atoms with Crippen molar-refractivity contribution in [3.8, 4) is 0 Å². The molecule has 132 valence electrons. The highest BCUT2D eigenvalue weighted by molar-refractivity contribution is 7.39. The van der Waals surface area contributed by atoms with Crippen LogP contribution in [0.15, 0.2) is 11.0 Å². The van der Waals surface area contributed by atoms with Crippen LogP contribution >= 0.6 is 17.8 Å². The molecular formula is C11H21N3O7P2. The van der Waals surface area contributed by atoms with Crippen molar-refractivity contribution in [3.63, 3.8) is 0 Å². The van der Waals surface area contributed by atoms with Crippen LogP contribution in [-0.2, 0) is 14.0 Å². The molecule has 0 saturated heterocycles. The molecule has 0 aliphatic rings. The molecule has 0 radical (unpaired) electrons. The van der Waals surface area contributed by atoms with Gasteiger partial charge in [0.15, 0.2) is 12.3 Å². The first-order valence-electron chi connectivity index (χ1n) is 6.61. The van der Waals surface area contributed by atoms with Gasteiger partial charge in [-0.05, 0) is 13.8 Å². The molecule has 0 aromatic carbocycles. The Hall–Kier alpha value is -0.700. The van der Waals surface area contributed by atoms with Crippen molar-refractivity contribution in [1.29, 1.82) is 0 Å². The number of nitrogens with two attached hydrogens (primary N) is 1. The van der Waals surface area contributed by atoms with Crippen LogP contribution in [0.1, 0.15) is 25.1 Å². The molecule has 23 heavy (non-hydrogen) atoms.